The number of rotatable bonds is 3. The molecule has 0 radical (unpaired) electrons. The number of fused-ring (bicyclic) bond motifs is 2. The molecule has 3 N–H and O–H groups in total. The van der Waals surface area contributed by atoms with Crippen molar-refractivity contribution in [3.8, 4) is 6.07 Å². The summed E-state index contributed by atoms with van der Waals surface area (Å²) in [7, 11) is 0. The van der Waals surface area contributed by atoms with Crippen molar-refractivity contribution < 1.29 is 4.74 Å². The van der Waals surface area contributed by atoms with Gasteiger partial charge in [-0.15, -0.1) is 0 Å². The van der Waals surface area contributed by atoms with E-state index in [0.29, 0.717) is 18.8 Å². The van der Waals surface area contributed by atoms with Gasteiger partial charge < -0.3 is 15.8 Å². The molecule has 0 aliphatic carbocycles. The number of hydrogen-bond donors (Lipinski definition) is 2. The van der Waals surface area contributed by atoms with Gasteiger partial charge in [-0.3, -0.25) is 0 Å². The van der Waals surface area contributed by atoms with Gasteiger partial charge in [-0.1, -0.05) is 0 Å². The topological polar surface area (TPSA) is 71.1 Å². The van der Waals surface area contributed by atoms with E-state index in [1.54, 1.807) is 0 Å². The third-order valence-electron chi connectivity index (χ3n) is 3.15. The highest BCUT2D eigenvalue weighted by molar-refractivity contribution is 4.99. The summed E-state index contributed by atoms with van der Waals surface area (Å²) in [6, 6.07) is 2.06. The van der Waals surface area contributed by atoms with E-state index >= 15 is 0 Å². The van der Waals surface area contributed by atoms with Crippen LogP contribution in [0.25, 0.3) is 0 Å². The molecule has 2 bridgehead atoms. The molecular weight excluding hydrogens is 178 g/mol. The van der Waals surface area contributed by atoms with Crippen molar-refractivity contribution >= 4 is 0 Å². The summed E-state index contributed by atoms with van der Waals surface area (Å²) in [5.74, 6) is 0. The molecule has 4 nitrogen and oxygen atoms in total. The van der Waals surface area contributed by atoms with Crippen LogP contribution in [0.2, 0.25) is 0 Å². The zero-order valence-electron chi connectivity index (χ0n) is 8.33. The van der Waals surface area contributed by atoms with Crippen molar-refractivity contribution in [2.75, 3.05) is 13.1 Å². The standard InChI is InChI=1S/C10H17N3O/c11-3-4-13-7-10(12)5-8-1-2-9(6-10)14-8/h8-9,13H,1-2,4-7,12H2. The fourth-order valence-corrected chi connectivity index (χ4v) is 2.58. The second-order valence-corrected chi connectivity index (χ2v) is 4.49. The molecule has 4 heteroatoms. The van der Waals surface area contributed by atoms with E-state index in [2.05, 4.69) is 11.4 Å². The summed E-state index contributed by atoms with van der Waals surface area (Å²) < 4.78 is 5.73. The number of nitrogens with zero attached hydrogens (tertiary/aromatic N) is 1. The fraction of sp³-hybridized carbons (Fsp3) is 0.900. The summed E-state index contributed by atoms with van der Waals surface area (Å²) in [6.07, 6.45) is 4.90. The van der Waals surface area contributed by atoms with E-state index in [1.807, 2.05) is 0 Å². The van der Waals surface area contributed by atoms with E-state index in [-0.39, 0.29) is 5.54 Å². The first-order chi connectivity index (χ1) is 6.72. The Morgan fingerprint density at radius 2 is 2.07 bits per heavy atom. The lowest BCUT2D eigenvalue weighted by Crippen LogP contribution is -2.54. The molecule has 2 unspecified atom stereocenters. The van der Waals surface area contributed by atoms with Crippen LogP contribution in [-0.2, 0) is 4.74 Å². The molecule has 2 aliphatic rings. The molecule has 2 fully saturated rings. The van der Waals surface area contributed by atoms with Crippen LogP contribution in [0.3, 0.4) is 0 Å². The fourth-order valence-electron chi connectivity index (χ4n) is 2.58. The maximum Gasteiger partial charge on any atom is 0.0841 e. The maximum absolute atomic E-state index is 8.42. The van der Waals surface area contributed by atoms with E-state index in [4.69, 9.17) is 15.7 Å². The van der Waals surface area contributed by atoms with Crippen LogP contribution < -0.4 is 11.1 Å². The zero-order valence-corrected chi connectivity index (χ0v) is 8.33. The average molecular weight is 195 g/mol. The van der Waals surface area contributed by atoms with Crippen LogP contribution in [-0.4, -0.2) is 30.8 Å². The summed E-state index contributed by atoms with van der Waals surface area (Å²) >= 11 is 0. The minimum Gasteiger partial charge on any atom is -0.375 e. The highest BCUT2D eigenvalue weighted by Crippen LogP contribution is 2.36. The van der Waals surface area contributed by atoms with Crippen molar-refractivity contribution in [3.05, 3.63) is 0 Å². The molecule has 2 atom stereocenters. The zero-order chi connectivity index (χ0) is 10.0. The van der Waals surface area contributed by atoms with Crippen molar-refractivity contribution in [3.63, 3.8) is 0 Å². The monoisotopic (exact) mass is 195 g/mol. The van der Waals surface area contributed by atoms with E-state index in [0.717, 1.165) is 32.2 Å². The molecular formula is C10H17N3O. The van der Waals surface area contributed by atoms with Crippen LogP contribution >= 0.6 is 0 Å². The SMILES string of the molecule is N#CCNCC1(N)CC2CCC(C1)O2. The van der Waals surface area contributed by atoms with Gasteiger partial charge in [-0.05, 0) is 25.7 Å². The second kappa shape index (κ2) is 3.85. The van der Waals surface area contributed by atoms with Crippen molar-refractivity contribution in [2.45, 2.75) is 43.4 Å². The maximum atomic E-state index is 8.42. The summed E-state index contributed by atoms with van der Waals surface area (Å²) in [4.78, 5) is 0. The Morgan fingerprint density at radius 3 is 2.64 bits per heavy atom. The lowest BCUT2D eigenvalue weighted by molar-refractivity contribution is -0.0280. The Labute approximate surface area is 84.4 Å². The van der Waals surface area contributed by atoms with Gasteiger partial charge >= 0.3 is 0 Å². The van der Waals surface area contributed by atoms with Crippen LogP contribution in [0, 0.1) is 11.3 Å². The summed E-state index contributed by atoms with van der Waals surface area (Å²) in [5, 5.41) is 11.5. The molecule has 0 amide bonds. The molecule has 0 aromatic rings. The van der Waals surface area contributed by atoms with Gasteiger partial charge in [-0.25, -0.2) is 0 Å². The predicted molar refractivity (Wildman–Crippen MR) is 52.5 cm³/mol. The highest BCUT2D eigenvalue weighted by atomic mass is 16.5. The van der Waals surface area contributed by atoms with E-state index in [9.17, 15) is 0 Å². The Kier molecular flexibility index (Phi) is 2.73. The largest absolute Gasteiger partial charge is 0.375 e. The average Bonchev–Trinajstić information content (AvgIpc) is 2.46. The molecule has 78 valence electrons. The highest BCUT2D eigenvalue weighted by Gasteiger charge is 2.41. The Balaban J connectivity index is 1.86. The summed E-state index contributed by atoms with van der Waals surface area (Å²) in [6.45, 7) is 1.12. The predicted octanol–water partition coefficient (Wildman–Crippen LogP) is 0.138. The first-order valence-corrected chi connectivity index (χ1v) is 5.24. The van der Waals surface area contributed by atoms with Crippen LogP contribution in [0.15, 0.2) is 0 Å². The molecule has 0 aromatic carbocycles. The van der Waals surface area contributed by atoms with E-state index in [1.165, 1.54) is 0 Å². The van der Waals surface area contributed by atoms with Crippen LogP contribution in [0.1, 0.15) is 25.7 Å². The quantitative estimate of drug-likeness (QED) is 0.496. The lowest BCUT2D eigenvalue weighted by atomic mass is 9.87. The van der Waals surface area contributed by atoms with Gasteiger partial charge in [0.05, 0.1) is 24.8 Å². The third-order valence-corrected chi connectivity index (χ3v) is 3.15. The molecule has 0 aromatic heterocycles. The minimum absolute atomic E-state index is 0.152. The first-order valence-electron chi connectivity index (χ1n) is 5.24. The van der Waals surface area contributed by atoms with Crippen molar-refractivity contribution in [1.82, 2.24) is 5.32 Å². The van der Waals surface area contributed by atoms with Crippen LogP contribution in [0.5, 0.6) is 0 Å². The Hall–Kier alpha value is -0.630. The number of nitrogens with one attached hydrogen (secondary N) is 1. The summed E-state index contributed by atoms with van der Waals surface area (Å²) in [5.41, 5.74) is 6.12. The van der Waals surface area contributed by atoms with Crippen molar-refractivity contribution in [1.29, 1.82) is 5.26 Å². The van der Waals surface area contributed by atoms with Crippen LogP contribution in [0.4, 0.5) is 0 Å². The second-order valence-electron chi connectivity index (χ2n) is 4.49. The van der Waals surface area contributed by atoms with Gasteiger partial charge in [0, 0.05) is 12.1 Å². The van der Waals surface area contributed by atoms with Gasteiger partial charge in [0.25, 0.3) is 0 Å². The van der Waals surface area contributed by atoms with Gasteiger partial charge in [0.15, 0.2) is 0 Å². The number of nitriles is 1. The van der Waals surface area contributed by atoms with E-state index < -0.39 is 0 Å². The number of hydrogen-bond acceptors (Lipinski definition) is 4. The number of nitrogens with two attached hydrogens (primary N) is 1. The Morgan fingerprint density at radius 1 is 1.43 bits per heavy atom. The normalized spacial score (nSPS) is 40.9. The molecule has 2 saturated heterocycles. The first kappa shape index (κ1) is 9.91. The molecule has 2 heterocycles. The smallest absolute Gasteiger partial charge is 0.0841 e. The molecule has 2 rings (SSSR count). The molecule has 0 saturated carbocycles. The molecule has 2 aliphatic heterocycles. The Bertz CT molecular complexity index is 236. The molecule has 0 spiro atoms. The lowest BCUT2D eigenvalue weighted by Gasteiger charge is -2.37. The molecule has 14 heavy (non-hydrogen) atoms. The van der Waals surface area contributed by atoms with Crippen molar-refractivity contribution in [2.24, 2.45) is 5.73 Å². The third kappa shape index (κ3) is 2.06. The number of ether oxygens (including phenoxy) is 1. The van der Waals surface area contributed by atoms with Gasteiger partial charge in [0.1, 0.15) is 0 Å². The minimum atomic E-state index is -0.152. The van der Waals surface area contributed by atoms with Gasteiger partial charge in [-0.2, -0.15) is 5.26 Å². The van der Waals surface area contributed by atoms with Gasteiger partial charge in [0.2, 0.25) is 0 Å².